The quantitative estimate of drug-likeness (QED) is 0.536. The molecular weight excluding hydrogens is 422 g/mol. The summed E-state index contributed by atoms with van der Waals surface area (Å²) >= 11 is 0. The third kappa shape index (κ3) is 1.82. The number of nitrogens with one attached hydrogen (secondary N) is 1. The van der Waals surface area contributed by atoms with Gasteiger partial charge in [-0.15, -0.1) is 0 Å². The van der Waals surface area contributed by atoms with Crippen molar-refractivity contribution in [3.63, 3.8) is 0 Å². The van der Waals surface area contributed by atoms with Crippen molar-refractivity contribution >= 4 is 28.4 Å². The van der Waals surface area contributed by atoms with Gasteiger partial charge < -0.3 is 10.4 Å². The molecule has 2 bridgehead atoms. The number of para-hydroxylation sites is 2. The van der Waals surface area contributed by atoms with Gasteiger partial charge in [-0.3, -0.25) is 23.9 Å². The van der Waals surface area contributed by atoms with Crippen LogP contribution in [0.1, 0.15) is 42.9 Å². The van der Waals surface area contributed by atoms with Gasteiger partial charge in [-0.05, 0) is 31.0 Å². The summed E-state index contributed by atoms with van der Waals surface area (Å²) in [6.07, 6.45) is -0.241. The fraction of sp³-hybridized carbons (Fsp3) is 0.333. The largest absolute Gasteiger partial charge is 0.381 e. The van der Waals surface area contributed by atoms with Gasteiger partial charge in [0.05, 0.1) is 16.6 Å². The minimum Gasteiger partial charge on any atom is -0.381 e. The van der Waals surface area contributed by atoms with Gasteiger partial charge in [0.15, 0.2) is 5.82 Å². The molecule has 1 aromatic heterocycles. The topological polar surface area (TPSA) is 108 Å². The summed E-state index contributed by atoms with van der Waals surface area (Å²) < 4.78 is 1.45. The highest BCUT2D eigenvalue weighted by molar-refractivity contribution is 6.07. The van der Waals surface area contributed by atoms with E-state index in [-0.39, 0.29) is 23.8 Å². The van der Waals surface area contributed by atoms with Gasteiger partial charge >= 0.3 is 0 Å². The van der Waals surface area contributed by atoms with Crippen molar-refractivity contribution in [2.75, 3.05) is 4.90 Å². The van der Waals surface area contributed by atoms with Crippen LogP contribution in [0.3, 0.4) is 0 Å². The second-order valence-corrected chi connectivity index (χ2v) is 9.72. The first-order chi connectivity index (χ1) is 16.0. The molecule has 2 fully saturated rings. The van der Waals surface area contributed by atoms with Crippen LogP contribution in [0.5, 0.6) is 0 Å². The van der Waals surface area contributed by atoms with Crippen molar-refractivity contribution in [2.24, 2.45) is 0 Å². The van der Waals surface area contributed by atoms with Gasteiger partial charge in [0.1, 0.15) is 29.5 Å². The van der Waals surface area contributed by atoms with Gasteiger partial charge in [0.2, 0.25) is 11.8 Å². The van der Waals surface area contributed by atoms with Crippen LogP contribution in [0.15, 0.2) is 53.3 Å². The first-order valence-electron chi connectivity index (χ1n) is 11.2. The molecule has 1 spiro atoms. The lowest BCUT2D eigenvalue weighted by molar-refractivity contribution is -0.146. The summed E-state index contributed by atoms with van der Waals surface area (Å²) in [5.41, 5.74) is -0.781. The molecule has 1 aliphatic carbocycles. The van der Waals surface area contributed by atoms with Gasteiger partial charge in [0.25, 0.3) is 5.56 Å². The first kappa shape index (κ1) is 17.9. The van der Waals surface area contributed by atoms with Crippen LogP contribution in [-0.4, -0.2) is 43.1 Å². The van der Waals surface area contributed by atoms with Crippen LogP contribution in [0.2, 0.25) is 0 Å². The highest BCUT2D eigenvalue weighted by Crippen LogP contribution is 2.63. The number of fused-ring (bicyclic) bond motifs is 6. The number of aliphatic hydroxyl groups is 1. The number of benzene rings is 2. The highest BCUT2D eigenvalue weighted by atomic mass is 16.3. The molecule has 4 aliphatic heterocycles. The Morgan fingerprint density at radius 2 is 1.79 bits per heavy atom. The minimum absolute atomic E-state index is 0.0312. The molecule has 33 heavy (non-hydrogen) atoms. The number of carbonyl (C=O) groups excluding carboxylic acids is 2. The van der Waals surface area contributed by atoms with E-state index in [0.717, 1.165) is 0 Å². The van der Waals surface area contributed by atoms with Gasteiger partial charge in [-0.1, -0.05) is 30.3 Å². The van der Waals surface area contributed by atoms with Gasteiger partial charge in [0, 0.05) is 12.0 Å². The monoisotopic (exact) mass is 441 g/mol. The molecule has 2 aromatic carbocycles. The van der Waals surface area contributed by atoms with E-state index in [1.165, 1.54) is 4.57 Å². The van der Waals surface area contributed by atoms with Crippen molar-refractivity contribution in [1.29, 1.82) is 0 Å². The van der Waals surface area contributed by atoms with E-state index in [1.54, 1.807) is 23.1 Å². The van der Waals surface area contributed by atoms with Crippen LogP contribution in [0.25, 0.3) is 10.9 Å². The molecule has 5 heterocycles. The Morgan fingerprint density at radius 1 is 1.03 bits per heavy atom. The maximum atomic E-state index is 13.8. The molecule has 4 atom stereocenters. The molecule has 1 saturated carbocycles. The average Bonchev–Trinajstić information content (AvgIpc) is 3.52. The zero-order valence-electron chi connectivity index (χ0n) is 17.4. The fourth-order valence-electron chi connectivity index (χ4n) is 6.61. The third-order valence-corrected chi connectivity index (χ3v) is 8.16. The van der Waals surface area contributed by atoms with Crippen LogP contribution in [0, 0.1) is 0 Å². The summed E-state index contributed by atoms with van der Waals surface area (Å²) in [4.78, 5) is 49.2. The molecule has 3 aromatic rings. The Morgan fingerprint density at radius 3 is 2.61 bits per heavy atom. The van der Waals surface area contributed by atoms with E-state index in [4.69, 9.17) is 4.98 Å². The Bertz CT molecular complexity index is 1510. The molecule has 8 rings (SSSR count). The summed E-state index contributed by atoms with van der Waals surface area (Å²) in [5, 5.41) is 15.7. The lowest BCUT2D eigenvalue weighted by Crippen LogP contribution is -2.64. The summed E-state index contributed by atoms with van der Waals surface area (Å²) in [7, 11) is 0. The number of amides is 2. The average molecular weight is 441 g/mol. The Hall–Kier alpha value is -3.56. The van der Waals surface area contributed by atoms with Crippen molar-refractivity contribution in [3.05, 3.63) is 70.3 Å². The maximum absolute atomic E-state index is 13.8. The van der Waals surface area contributed by atoms with Crippen LogP contribution >= 0.6 is 0 Å². The first-order valence-corrected chi connectivity index (χ1v) is 11.2. The molecule has 1 saturated heterocycles. The maximum Gasteiger partial charge on any atom is 0.262 e. The molecule has 5 aliphatic rings. The van der Waals surface area contributed by atoms with Crippen molar-refractivity contribution in [2.45, 2.75) is 48.8 Å². The zero-order chi connectivity index (χ0) is 22.3. The lowest BCUT2D eigenvalue weighted by Gasteiger charge is -2.48. The molecule has 2 amide bonds. The van der Waals surface area contributed by atoms with Crippen LogP contribution in [0.4, 0.5) is 5.69 Å². The number of hydrogen-bond acceptors (Lipinski definition) is 6. The zero-order valence-corrected chi connectivity index (χ0v) is 17.4. The lowest BCUT2D eigenvalue weighted by atomic mass is 9.83. The fourth-order valence-corrected chi connectivity index (χ4v) is 6.61. The van der Waals surface area contributed by atoms with E-state index < -0.39 is 29.5 Å². The number of hydrogen-bond donors (Lipinski definition) is 2. The van der Waals surface area contributed by atoms with Crippen molar-refractivity contribution in [3.8, 4) is 0 Å². The third-order valence-electron chi connectivity index (χ3n) is 8.16. The van der Waals surface area contributed by atoms with Gasteiger partial charge in [-0.25, -0.2) is 9.88 Å². The van der Waals surface area contributed by atoms with E-state index in [2.05, 4.69) is 5.32 Å². The van der Waals surface area contributed by atoms with Crippen LogP contribution in [-0.2, 0) is 15.2 Å². The SMILES string of the molecule is O=C1NC2c3nc4ccccc4c(=O)n3C1CC1(O)c3ccccc3N3C(=O)C4(CC4)N2C31. The molecule has 164 valence electrons. The number of rotatable bonds is 0. The smallest absolute Gasteiger partial charge is 0.262 e. The number of anilines is 1. The summed E-state index contributed by atoms with van der Waals surface area (Å²) in [6, 6.07) is 13.5. The standard InChI is InChI=1S/C24H19N5O4/c30-19-16-11-24(33)13-6-2-4-8-15(13)28-21(24)29(23(9-10-23)22(28)32)18(26-19)17-25-14-7-3-1-5-12(14)20(31)27(16)17/h1-8,16,18,21,33H,9-11H2,(H,26,30). The van der Waals surface area contributed by atoms with E-state index in [9.17, 15) is 19.5 Å². The molecule has 4 unspecified atom stereocenters. The number of carbonyl (C=O) groups is 2. The van der Waals surface area contributed by atoms with Crippen molar-refractivity contribution < 1.29 is 14.7 Å². The number of nitrogens with zero attached hydrogens (tertiary/aromatic N) is 4. The predicted molar refractivity (Wildman–Crippen MR) is 116 cm³/mol. The second kappa shape index (κ2) is 5.32. The van der Waals surface area contributed by atoms with E-state index in [1.807, 2.05) is 35.2 Å². The molecule has 9 nitrogen and oxygen atoms in total. The van der Waals surface area contributed by atoms with E-state index >= 15 is 0 Å². The van der Waals surface area contributed by atoms with E-state index in [0.29, 0.717) is 40.8 Å². The van der Waals surface area contributed by atoms with Crippen LogP contribution < -0.4 is 15.8 Å². The normalized spacial score (nSPS) is 32.4. The Balaban J connectivity index is 1.49. The Labute approximate surface area is 187 Å². The highest BCUT2D eigenvalue weighted by Gasteiger charge is 2.75. The molecule has 0 radical (unpaired) electrons. The minimum atomic E-state index is -1.50. The summed E-state index contributed by atoms with van der Waals surface area (Å²) in [5.74, 6) is 0.0111. The molecular formula is C24H19N5O4. The molecule has 9 heteroatoms. The van der Waals surface area contributed by atoms with Crippen molar-refractivity contribution in [1.82, 2.24) is 19.8 Å². The second-order valence-electron chi connectivity index (χ2n) is 9.72. The molecule has 2 N–H and O–H groups in total. The predicted octanol–water partition coefficient (Wildman–Crippen LogP) is 0.878. The summed E-state index contributed by atoms with van der Waals surface area (Å²) in [6.45, 7) is 0. The van der Waals surface area contributed by atoms with Gasteiger partial charge in [-0.2, -0.15) is 0 Å². The Kier molecular flexibility index (Phi) is 2.89. The number of aromatic nitrogens is 2.